The molecular weight excluding hydrogens is 323 g/mol. The number of hydrogen-bond acceptors (Lipinski definition) is 6. The summed E-state index contributed by atoms with van der Waals surface area (Å²) in [7, 11) is 0. The zero-order valence-corrected chi connectivity index (χ0v) is 13.9. The van der Waals surface area contributed by atoms with Crippen LogP contribution in [0.15, 0.2) is 36.9 Å². The van der Waals surface area contributed by atoms with E-state index < -0.39 is 5.82 Å². The van der Waals surface area contributed by atoms with Crippen molar-refractivity contribution >= 4 is 5.95 Å². The first-order valence-corrected chi connectivity index (χ1v) is 8.66. The number of rotatable bonds is 5. The Kier molecular flexibility index (Phi) is 4.85. The molecule has 6 nitrogen and oxygen atoms in total. The SMILES string of the molecule is Fc1cnc(N2CC[C@@H]3O[C@@H](COCc4cccnc4)CC[C@@H]32)nc1. The van der Waals surface area contributed by atoms with Crippen LogP contribution >= 0.6 is 0 Å². The lowest BCUT2D eigenvalue weighted by molar-refractivity contribution is -0.0889. The van der Waals surface area contributed by atoms with E-state index in [0.717, 1.165) is 31.4 Å². The Bertz CT molecular complexity index is 685. The maximum absolute atomic E-state index is 13.0. The Hall–Kier alpha value is -2.12. The van der Waals surface area contributed by atoms with Crippen molar-refractivity contribution in [2.75, 3.05) is 18.1 Å². The molecule has 0 saturated carbocycles. The highest BCUT2D eigenvalue weighted by Crippen LogP contribution is 2.33. The van der Waals surface area contributed by atoms with Gasteiger partial charge in [-0.05, 0) is 30.9 Å². The number of pyridine rings is 1. The second kappa shape index (κ2) is 7.41. The molecule has 0 amide bonds. The van der Waals surface area contributed by atoms with Crippen molar-refractivity contribution in [3.05, 3.63) is 48.3 Å². The van der Waals surface area contributed by atoms with Gasteiger partial charge in [0, 0.05) is 18.9 Å². The number of nitrogens with zero attached hydrogens (tertiary/aromatic N) is 4. The quantitative estimate of drug-likeness (QED) is 0.830. The lowest BCUT2D eigenvalue weighted by Crippen LogP contribution is -2.44. The van der Waals surface area contributed by atoms with E-state index in [2.05, 4.69) is 19.9 Å². The van der Waals surface area contributed by atoms with E-state index >= 15 is 0 Å². The van der Waals surface area contributed by atoms with Gasteiger partial charge in [0.25, 0.3) is 0 Å². The van der Waals surface area contributed by atoms with Crippen LogP contribution in [-0.4, -0.2) is 46.4 Å². The van der Waals surface area contributed by atoms with E-state index in [1.165, 1.54) is 12.4 Å². The van der Waals surface area contributed by atoms with Gasteiger partial charge in [0.05, 0.1) is 43.9 Å². The molecule has 132 valence electrons. The van der Waals surface area contributed by atoms with Crippen molar-refractivity contribution < 1.29 is 13.9 Å². The number of fused-ring (bicyclic) bond motifs is 1. The van der Waals surface area contributed by atoms with Crippen LogP contribution in [0, 0.1) is 5.82 Å². The average molecular weight is 344 g/mol. The molecular formula is C18H21FN4O2. The standard InChI is InChI=1S/C18H21FN4O2/c19-14-9-21-18(22-10-14)23-7-5-17-16(23)4-3-15(25-17)12-24-11-13-2-1-6-20-8-13/h1-2,6,8-10,15-17H,3-5,7,11-12H2/t15-,16+,17+/m1/s1. The zero-order valence-electron chi connectivity index (χ0n) is 13.9. The van der Waals surface area contributed by atoms with Gasteiger partial charge in [-0.1, -0.05) is 6.07 Å². The molecule has 4 heterocycles. The van der Waals surface area contributed by atoms with E-state index in [0.29, 0.717) is 19.2 Å². The predicted molar refractivity (Wildman–Crippen MR) is 89.5 cm³/mol. The molecule has 0 spiro atoms. The minimum Gasteiger partial charge on any atom is -0.374 e. The predicted octanol–water partition coefficient (Wildman–Crippen LogP) is 2.35. The highest BCUT2D eigenvalue weighted by Gasteiger charge is 2.40. The minimum absolute atomic E-state index is 0.118. The Morgan fingerprint density at radius 3 is 2.88 bits per heavy atom. The van der Waals surface area contributed by atoms with Crippen molar-refractivity contribution in [2.45, 2.75) is 44.1 Å². The smallest absolute Gasteiger partial charge is 0.225 e. The molecule has 25 heavy (non-hydrogen) atoms. The third-order valence-electron chi connectivity index (χ3n) is 4.79. The van der Waals surface area contributed by atoms with Crippen molar-refractivity contribution in [1.82, 2.24) is 15.0 Å². The number of ether oxygens (including phenoxy) is 2. The number of hydrogen-bond donors (Lipinski definition) is 0. The first kappa shape index (κ1) is 16.4. The van der Waals surface area contributed by atoms with Crippen molar-refractivity contribution in [1.29, 1.82) is 0 Å². The molecule has 0 N–H and O–H groups in total. The molecule has 0 aliphatic carbocycles. The van der Waals surface area contributed by atoms with Gasteiger partial charge in [-0.2, -0.15) is 0 Å². The molecule has 4 rings (SSSR count). The van der Waals surface area contributed by atoms with E-state index in [1.807, 2.05) is 18.3 Å². The highest BCUT2D eigenvalue weighted by molar-refractivity contribution is 5.34. The van der Waals surface area contributed by atoms with Crippen LogP contribution in [0.3, 0.4) is 0 Å². The van der Waals surface area contributed by atoms with Gasteiger partial charge in [-0.3, -0.25) is 4.98 Å². The summed E-state index contributed by atoms with van der Waals surface area (Å²) >= 11 is 0. The van der Waals surface area contributed by atoms with Crippen LogP contribution in [0.25, 0.3) is 0 Å². The molecule has 2 aliphatic heterocycles. The summed E-state index contributed by atoms with van der Waals surface area (Å²) in [6.45, 7) is 1.98. The second-order valence-electron chi connectivity index (χ2n) is 6.50. The molecule has 7 heteroatoms. The van der Waals surface area contributed by atoms with E-state index in [4.69, 9.17) is 9.47 Å². The average Bonchev–Trinajstić information content (AvgIpc) is 3.06. The zero-order chi connectivity index (χ0) is 17.1. The molecule has 2 aromatic heterocycles. The van der Waals surface area contributed by atoms with Crippen molar-refractivity contribution in [3.8, 4) is 0 Å². The third kappa shape index (κ3) is 3.77. The summed E-state index contributed by atoms with van der Waals surface area (Å²) in [5.41, 5.74) is 1.07. The van der Waals surface area contributed by atoms with Crippen LogP contribution in [0.1, 0.15) is 24.8 Å². The van der Waals surface area contributed by atoms with E-state index in [9.17, 15) is 4.39 Å². The number of halogens is 1. The molecule has 0 aromatic carbocycles. The summed E-state index contributed by atoms with van der Waals surface area (Å²) in [6, 6.07) is 4.17. The maximum Gasteiger partial charge on any atom is 0.225 e. The fourth-order valence-electron chi connectivity index (χ4n) is 3.61. The third-order valence-corrected chi connectivity index (χ3v) is 4.79. The fourth-order valence-corrected chi connectivity index (χ4v) is 3.61. The molecule has 2 aliphatic rings. The van der Waals surface area contributed by atoms with Gasteiger partial charge < -0.3 is 14.4 Å². The normalized spacial score (nSPS) is 25.8. The van der Waals surface area contributed by atoms with Crippen LogP contribution in [0.5, 0.6) is 0 Å². The molecule has 0 unspecified atom stereocenters. The summed E-state index contributed by atoms with van der Waals surface area (Å²) in [5, 5.41) is 0. The van der Waals surface area contributed by atoms with Crippen molar-refractivity contribution in [2.24, 2.45) is 0 Å². The van der Waals surface area contributed by atoms with Crippen LogP contribution in [0.4, 0.5) is 10.3 Å². The van der Waals surface area contributed by atoms with Gasteiger partial charge in [0.2, 0.25) is 5.95 Å². The molecule has 2 aromatic rings. The molecule has 0 bridgehead atoms. The van der Waals surface area contributed by atoms with E-state index in [-0.39, 0.29) is 18.2 Å². The Balaban J connectivity index is 1.29. The van der Waals surface area contributed by atoms with E-state index in [1.54, 1.807) is 6.20 Å². The highest BCUT2D eigenvalue weighted by atomic mass is 19.1. The topological polar surface area (TPSA) is 60.4 Å². The summed E-state index contributed by atoms with van der Waals surface area (Å²) in [5.74, 6) is 0.175. The second-order valence-corrected chi connectivity index (χ2v) is 6.50. The largest absolute Gasteiger partial charge is 0.374 e. The van der Waals surface area contributed by atoms with Crippen LogP contribution in [0.2, 0.25) is 0 Å². The Labute approximate surface area is 146 Å². The van der Waals surface area contributed by atoms with Gasteiger partial charge in [0.15, 0.2) is 5.82 Å². The summed E-state index contributed by atoms with van der Waals surface area (Å²) in [4.78, 5) is 14.4. The first-order valence-electron chi connectivity index (χ1n) is 8.66. The molecule has 0 radical (unpaired) electrons. The fraction of sp³-hybridized carbons (Fsp3) is 0.500. The van der Waals surface area contributed by atoms with Gasteiger partial charge in [0.1, 0.15) is 0 Å². The Morgan fingerprint density at radius 2 is 2.08 bits per heavy atom. The Morgan fingerprint density at radius 1 is 1.20 bits per heavy atom. The summed E-state index contributed by atoms with van der Waals surface area (Å²) in [6.07, 6.45) is 9.16. The van der Waals surface area contributed by atoms with Gasteiger partial charge in [-0.15, -0.1) is 0 Å². The first-order chi connectivity index (χ1) is 12.3. The van der Waals surface area contributed by atoms with Crippen LogP contribution in [-0.2, 0) is 16.1 Å². The van der Waals surface area contributed by atoms with Gasteiger partial charge >= 0.3 is 0 Å². The molecule has 3 atom stereocenters. The lowest BCUT2D eigenvalue weighted by atomic mass is 9.99. The monoisotopic (exact) mass is 344 g/mol. The lowest BCUT2D eigenvalue weighted by Gasteiger charge is -2.35. The van der Waals surface area contributed by atoms with Gasteiger partial charge in [-0.25, -0.2) is 14.4 Å². The number of anilines is 1. The minimum atomic E-state index is -0.412. The van der Waals surface area contributed by atoms with Crippen LogP contribution < -0.4 is 4.90 Å². The molecule has 2 saturated heterocycles. The number of aromatic nitrogens is 3. The summed E-state index contributed by atoms with van der Waals surface area (Å²) < 4.78 is 25.0. The molecule has 2 fully saturated rings. The maximum atomic E-state index is 13.0. The van der Waals surface area contributed by atoms with Crippen molar-refractivity contribution in [3.63, 3.8) is 0 Å².